The van der Waals surface area contributed by atoms with Gasteiger partial charge in [0.15, 0.2) is 0 Å². The molecule has 106 valence electrons. The Balaban J connectivity index is 3.04. The van der Waals surface area contributed by atoms with Gasteiger partial charge in [-0.25, -0.2) is 4.39 Å². The first kappa shape index (κ1) is 15.7. The minimum atomic E-state index is -0.844. The number of anilines is 1. The Hall–Kier alpha value is -1.40. The number of nitrogens with zero attached hydrogens (tertiary/aromatic N) is 1. The van der Waals surface area contributed by atoms with Gasteiger partial charge in [0.05, 0.1) is 22.6 Å². The van der Waals surface area contributed by atoms with Crippen LogP contribution in [-0.4, -0.2) is 22.7 Å². The zero-order valence-corrected chi connectivity index (χ0v) is 11.4. The van der Waals surface area contributed by atoms with Gasteiger partial charge in [0.1, 0.15) is 11.5 Å². The van der Waals surface area contributed by atoms with Gasteiger partial charge in [0.2, 0.25) is 0 Å². The average molecular weight is 291 g/mol. The summed E-state index contributed by atoms with van der Waals surface area (Å²) in [4.78, 5) is 10.2. The van der Waals surface area contributed by atoms with E-state index < -0.39 is 16.4 Å². The van der Waals surface area contributed by atoms with Crippen LogP contribution in [-0.2, 0) is 0 Å². The third-order valence-electron chi connectivity index (χ3n) is 2.57. The molecule has 0 fully saturated rings. The van der Waals surface area contributed by atoms with E-state index in [9.17, 15) is 19.6 Å². The Morgan fingerprint density at radius 3 is 2.63 bits per heavy atom. The van der Waals surface area contributed by atoms with E-state index >= 15 is 0 Å². The minimum Gasteiger partial charge on any atom is -0.394 e. The SMILES string of the molecule is CC(C)CC(CO)Nc1cc(Cl)c(F)cc1[N+](=O)[O-]. The number of rotatable bonds is 6. The lowest BCUT2D eigenvalue weighted by Crippen LogP contribution is -2.26. The number of hydrogen-bond acceptors (Lipinski definition) is 4. The number of halogens is 2. The molecule has 0 aliphatic carbocycles. The summed E-state index contributed by atoms with van der Waals surface area (Å²) in [6, 6.07) is 1.59. The molecule has 19 heavy (non-hydrogen) atoms. The molecule has 0 saturated heterocycles. The molecule has 0 saturated carbocycles. The van der Waals surface area contributed by atoms with Crippen molar-refractivity contribution in [3.05, 3.63) is 33.1 Å². The summed E-state index contributed by atoms with van der Waals surface area (Å²) in [6.07, 6.45) is 0.628. The van der Waals surface area contributed by atoms with Crippen LogP contribution in [0.2, 0.25) is 5.02 Å². The number of aliphatic hydroxyl groups is 1. The number of nitrogens with one attached hydrogen (secondary N) is 1. The van der Waals surface area contributed by atoms with Gasteiger partial charge in [0.25, 0.3) is 5.69 Å². The Labute approximate surface area is 115 Å². The third-order valence-corrected chi connectivity index (χ3v) is 2.86. The number of nitro benzene ring substituents is 1. The van der Waals surface area contributed by atoms with Crippen LogP contribution in [0.1, 0.15) is 20.3 Å². The van der Waals surface area contributed by atoms with Crippen molar-refractivity contribution in [1.82, 2.24) is 0 Å². The second-order valence-electron chi connectivity index (χ2n) is 4.69. The maximum atomic E-state index is 13.2. The summed E-state index contributed by atoms with van der Waals surface area (Å²) in [6.45, 7) is 3.76. The summed E-state index contributed by atoms with van der Waals surface area (Å²) < 4.78 is 13.2. The Morgan fingerprint density at radius 2 is 2.16 bits per heavy atom. The molecule has 1 atom stereocenters. The molecule has 5 nitrogen and oxygen atoms in total. The summed E-state index contributed by atoms with van der Waals surface area (Å²) in [5, 5.41) is 22.8. The third kappa shape index (κ3) is 4.33. The van der Waals surface area contributed by atoms with E-state index in [1.165, 1.54) is 0 Å². The van der Waals surface area contributed by atoms with Crippen molar-refractivity contribution in [2.75, 3.05) is 11.9 Å². The zero-order valence-electron chi connectivity index (χ0n) is 10.7. The predicted molar refractivity (Wildman–Crippen MR) is 72.0 cm³/mol. The number of nitro groups is 1. The largest absolute Gasteiger partial charge is 0.394 e. The van der Waals surface area contributed by atoms with Crippen molar-refractivity contribution < 1.29 is 14.4 Å². The molecule has 0 spiro atoms. The van der Waals surface area contributed by atoms with Crippen molar-refractivity contribution in [2.24, 2.45) is 5.92 Å². The molecular weight excluding hydrogens is 275 g/mol. The molecule has 7 heteroatoms. The van der Waals surface area contributed by atoms with E-state index in [1.807, 2.05) is 13.8 Å². The van der Waals surface area contributed by atoms with Crippen LogP contribution in [0, 0.1) is 21.8 Å². The monoisotopic (exact) mass is 290 g/mol. The van der Waals surface area contributed by atoms with E-state index in [4.69, 9.17) is 11.6 Å². The van der Waals surface area contributed by atoms with E-state index in [-0.39, 0.29) is 23.4 Å². The number of hydrogen-bond donors (Lipinski definition) is 2. The van der Waals surface area contributed by atoms with Crippen molar-refractivity contribution in [3.8, 4) is 0 Å². The molecule has 0 amide bonds. The lowest BCUT2D eigenvalue weighted by atomic mass is 10.0. The smallest absolute Gasteiger partial charge is 0.295 e. The molecule has 1 aromatic carbocycles. The fourth-order valence-corrected chi connectivity index (χ4v) is 1.93. The maximum Gasteiger partial charge on any atom is 0.295 e. The molecule has 1 rings (SSSR count). The Kier molecular flexibility index (Phi) is 5.50. The maximum absolute atomic E-state index is 13.2. The van der Waals surface area contributed by atoms with Crippen LogP contribution < -0.4 is 5.32 Å². The Bertz CT molecular complexity index is 469. The molecule has 0 heterocycles. The molecule has 0 bridgehead atoms. The lowest BCUT2D eigenvalue weighted by molar-refractivity contribution is -0.384. The summed E-state index contributed by atoms with van der Waals surface area (Å²) in [5.74, 6) is -0.539. The normalized spacial score (nSPS) is 12.5. The molecule has 2 N–H and O–H groups in total. The van der Waals surface area contributed by atoms with Crippen molar-refractivity contribution in [3.63, 3.8) is 0 Å². The first-order valence-corrected chi connectivity index (χ1v) is 6.23. The predicted octanol–water partition coefficient (Wildman–Crippen LogP) is 3.21. The van der Waals surface area contributed by atoms with Gasteiger partial charge >= 0.3 is 0 Å². The van der Waals surface area contributed by atoms with E-state index in [1.54, 1.807) is 0 Å². The molecule has 0 aliphatic rings. The van der Waals surface area contributed by atoms with Gasteiger partial charge in [0, 0.05) is 6.04 Å². The van der Waals surface area contributed by atoms with Crippen LogP contribution in [0.5, 0.6) is 0 Å². The van der Waals surface area contributed by atoms with Crippen LogP contribution in [0.15, 0.2) is 12.1 Å². The Morgan fingerprint density at radius 1 is 1.53 bits per heavy atom. The highest BCUT2D eigenvalue weighted by Crippen LogP contribution is 2.31. The molecule has 1 unspecified atom stereocenters. The highest BCUT2D eigenvalue weighted by Gasteiger charge is 2.20. The van der Waals surface area contributed by atoms with Gasteiger partial charge in [-0.3, -0.25) is 10.1 Å². The van der Waals surface area contributed by atoms with Crippen LogP contribution >= 0.6 is 11.6 Å². The minimum absolute atomic E-state index is 0.108. The van der Waals surface area contributed by atoms with E-state index in [0.717, 1.165) is 12.1 Å². The molecule has 0 aromatic heterocycles. The summed E-state index contributed by atoms with van der Waals surface area (Å²) in [5.41, 5.74) is -0.291. The first-order valence-electron chi connectivity index (χ1n) is 5.86. The quantitative estimate of drug-likeness (QED) is 0.623. The standard InChI is InChI=1S/C12H16ClFN2O3/c1-7(2)3-8(6-17)15-11-4-9(13)10(14)5-12(11)16(18)19/h4-5,7-8,15,17H,3,6H2,1-2H3. The second kappa shape index (κ2) is 6.68. The van der Waals surface area contributed by atoms with Crippen molar-refractivity contribution in [2.45, 2.75) is 26.3 Å². The van der Waals surface area contributed by atoms with Crippen molar-refractivity contribution >= 4 is 23.0 Å². The van der Waals surface area contributed by atoms with Gasteiger partial charge in [-0.2, -0.15) is 0 Å². The fourth-order valence-electron chi connectivity index (χ4n) is 1.77. The first-order chi connectivity index (χ1) is 8.85. The van der Waals surface area contributed by atoms with Crippen molar-refractivity contribution in [1.29, 1.82) is 0 Å². The van der Waals surface area contributed by atoms with Crippen LogP contribution in [0.4, 0.5) is 15.8 Å². The fraction of sp³-hybridized carbons (Fsp3) is 0.500. The highest BCUT2D eigenvalue weighted by atomic mass is 35.5. The number of benzene rings is 1. The van der Waals surface area contributed by atoms with Gasteiger partial charge < -0.3 is 10.4 Å². The molecule has 0 aliphatic heterocycles. The second-order valence-corrected chi connectivity index (χ2v) is 5.10. The summed E-state index contributed by atoms with van der Waals surface area (Å²) in [7, 11) is 0. The van der Waals surface area contributed by atoms with Crippen LogP contribution in [0.3, 0.4) is 0 Å². The average Bonchev–Trinajstić information content (AvgIpc) is 2.31. The topological polar surface area (TPSA) is 75.4 Å². The molecule has 1 aromatic rings. The number of aliphatic hydroxyl groups excluding tert-OH is 1. The molecule has 0 radical (unpaired) electrons. The van der Waals surface area contributed by atoms with Gasteiger partial charge in [-0.1, -0.05) is 25.4 Å². The van der Waals surface area contributed by atoms with Crippen LogP contribution in [0.25, 0.3) is 0 Å². The summed E-state index contributed by atoms with van der Waals surface area (Å²) >= 11 is 5.62. The zero-order chi connectivity index (χ0) is 14.6. The molecular formula is C12H16ClFN2O3. The van der Waals surface area contributed by atoms with E-state index in [0.29, 0.717) is 12.3 Å². The van der Waals surface area contributed by atoms with Gasteiger partial charge in [-0.05, 0) is 18.4 Å². The highest BCUT2D eigenvalue weighted by molar-refractivity contribution is 6.31. The lowest BCUT2D eigenvalue weighted by Gasteiger charge is -2.19. The van der Waals surface area contributed by atoms with E-state index in [2.05, 4.69) is 5.32 Å². The van der Waals surface area contributed by atoms with Gasteiger partial charge in [-0.15, -0.1) is 0 Å².